The average Bonchev–Trinajstić information content (AvgIpc) is 3.38. The molecular weight excluding hydrogens is 514 g/mol. The van der Waals surface area contributed by atoms with Gasteiger partial charge in [-0.05, 0) is 6.92 Å². The predicted molar refractivity (Wildman–Crippen MR) is 149 cm³/mol. The molecule has 11 nitrogen and oxygen atoms in total. The van der Waals surface area contributed by atoms with Gasteiger partial charge in [-0.1, -0.05) is 31.8 Å². The molecule has 40 heavy (non-hydrogen) atoms. The summed E-state index contributed by atoms with van der Waals surface area (Å²) >= 11 is 0. The first-order valence-electron chi connectivity index (χ1n) is 12.8. The number of hydrogen-bond donors (Lipinski definition) is 2. The number of rotatable bonds is 8. The number of allylic oxidation sites excluding steroid dienone is 3. The number of nitrogens with one attached hydrogen (secondary N) is 2. The molecule has 0 bridgehead atoms. The first kappa shape index (κ1) is 28.4. The molecule has 3 heterocycles. The van der Waals surface area contributed by atoms with Crippen LogP contribution in [0.2, 0.25) is 0 Å². The van der Waals surface area contributed by atoms with Gasteiger partial charge in [-0.2, -0.15) is 0 Å². The molecule has 2 aromatic heterocycles. The van der Waals surface area contributed by atoms with E-state index in [9.17, 15) is 4.79 Å². The highest BCUT2D eigenvalue weighted by atomic mass is 16.5. The molecule has 210 valence electrons. The highest BCUT2D eigenvalue weighted by Crippen LogP contribution is 2.37. The van der Waals surface area contributed by atoms with E-state index in [1.54, 1.807) is 38.3 Å². The van der Waals surface area contributed by atoms with Crippen molar-refractivity contribution in [2.24, 2.45) is 0 Å². The molecular formula is C29H33N5O6. The van der Waals surface area contributed by atoms with Crippen molar-refractivity contribution < 1.29 is 28.3 Å². The third-order valence-electron chi connectivity index (χ3n) is 5.94. The van der Waals surface area contributed by atoms with Crippen LogP contribution in [0.1, 0.15) is 46.3 Å². The van der Waals surface area contributed by atoms with Crippen LogP contribution in [-0.4, -0.2) is 47.6 Å². The van der Waals surface area contributed by atoms with Crippen LogP contribution in [0, 0.1) is 12.3 Å². The number of benzene rings is 1. The molecule has 2 amide bonds. The van der Waals surface area contributed by atoms with Gasteiger partial charge in [0.1, 0.15) is 40.8 Å². The number of fused-ring (bicyclic) bond motifs is 1. The summed E-state index contributed by atoms with van der Waals surface area (Å²) in [5, 5.41) is 9.82. The number of ether oxygens (including phenoxy) is 4. The standard InChI is InChI=1S/C29H33N5O6/c1-7-8-19(32-28(35)33-25-16-24(40-34-25)29(3,4)5)13-18(2)38-27-26-22(30-17-31-27)14-21(36-6)15-23(26)39-20-9-11-37-12-10-20/h1,8,13-17,20H,9-12H2,2-6H3,(H2,32,33,34,35)/b18-13+,19-8+. The fourth-order valence-corrected chi connectivity index (χ4v) is 3.93. The lowest BCUT2D eigenvalue weighted by Crippen LogP contribution is -2.27. The number of amides is 2. The maximum atomic E-state index is 12.6. The smallest absolute Gasteiger partial charge is 0.324 e. The first-order valence-corrected chi connectivity index (χ1v) is 12.8. The molecule has 0 atom stereocenters. The van der Waals surface area contributed by atoms with Gasteiger partial charge in [0, 0.05) is 48.6 Å². The minimum absolute atomic E-state index is 0.0224. The van der Waals surface area contributed by atoms with Crippen LogP contribution in [0.25, 0.3) is 10.9 Å². The summed E-state index contributed by atoms with van der Waals surface area (Å²) in [5.74, 6) is 5.17. The molecule has 1 aliphatic rings. The molecule has 1 aliphatic heterocycles. The molecule has 11 heteroatoms. The highest BCUT2D eigenvalue weighted by Gasteiger charge is 2.22. The molecule has 0 aliphatic carbocycles. The SMILES string of the molecule is C#C/C=C(\C=C(/C)Oc1ncnc2cc(OC)cc(OC3CCOCC3)c12)NC(=O)Nc1cc(C(C)(C)C)on1. The van der Waals surface area contributed by atoms with Crippen molar-refractivity contribution in [3.63, 3.8) is 0 Å². The number of carbonyl (C=O) groups excluding carboxylic acids is 1. The van der Waals surface area contributed by atoms with Crippen molar-refractivity contribution in [1.29, 1.82) is 0 Å². The molecule has 0 spiro atoms. The van der Waals surface area contributed by atoms with Crippen molar-refractivity contribution in [3.05, 3.63) is 53.9 Å². The molecule has 3 aromatic rings. The summed E-state index contributed by atoms with van der Waals surface area (Å²) in [6, 6.07) is 4.69. The minimum atomic E-state index is -0.550. The first-order chi connectivity index (χ1) is 19.2. The Bertz CT molecular complexity index is 1460. The van der Waals surface area contributed by atoms with Crippen LogP contribution < -0.4 is 24.8 Å². The molecule has 4 rings (SSSR count). The van der Waals surface area contributed by atoms with Crippen molar-refractivity contribution in [2.75, 3.05) is 25.6 Å². The van der Waals surface area contributed by atoms with Crippen LogP contribution in [0.3, 0.4) is 0 Å². The Morgan fingerprint density at radius 3 is 2.65 bits per heavy atom. The van der Waals surface area contributed by atoms with Gasteiger partial charge in [0.25, 0.3) is 0 Å². The van der Waals surface area contributed by atoms with Crippen LogP contribution in [0.5, 0.6) is 17.4 Å². The van der Waals surface area contributed by atoms with E-state index >= 15 is 0 Å². The largest absolute Gasteiger partial charge is 0.497 e. The van der Waals surface area contributed by atoms with Gasteiger partial charge in [-0.25, -0.2) is 14.8 Å². The summed E-state index contributed by atoms with van der Waals surface area (Å²) in [6.45, 7) is 8.93. The molecule has 2 N–H and O–H groups in total. The lowest BCUT2D eigenvalue weighted by molar-refractivity contribution is 0.0261. The average molecular weight is 548 g/mol. The maximum Gasteiger partial charge on any atom is 0.324 e. The van der Waals surface area contributed by atoms with Gasteiger partial charge in [-0.3, -0.25) is 5.32 Å². The van der Waals surface area contributed by atoms with E-state index in [2.05, 4.69) is 31.7 Å². The Morgan fingerprint density at radius 1 is 1.20 bits per heavy atom. The van der Waals surface area contributed by atoms with E-state index in [0.717, 1.165) is 12.8 Å². The fraction of sp³-hybridized carbons (Fsp3) is 0.379. The zero-order chi connectivity index (χ0) is 28.7. The van der Waals surface area contributed by atoms with Crippen LogP contribution in [0.15, 0.2) is 52.7 Å². The number of carbonyl (C=O) groups is 1. The lowest BCUT2D eigenvalue weighted by Gasteiger charge is -2.24. The van der Waals surface area contributed by atoms with Gasteiger partial charge in [-0.15, -0.1) is 6.42 Å². The molecule has 0 radical (unpaired) electrons. The van der Waals surface area contributed by atoms with Gasteiger partial charge in [0.15, 0.2) is 5.82 Å². The number of methoxy groups -OCH3 is 1. The normalized spacial score (nSPS) is 14.9. The van der Waals surface area contributed by atoms with E-state index in [0.29, 0.717) is 52.8 Å². The topological polar surface area (TPSA) is 130 Å². The third kappa shape index (κ3) is 7.30. The van der Waals surface area contributed by atoms with E-state index in [4.69, 9.17) is 29.9 Å². The van der Waals surface area contributed by atoms with Gasteiger partial charge >= 0.3 is 6.03 Å². The number of urea groups is 1. The third-order valence-corrected chi connectivity index (χ3v) is 5.94. The van der Waals surface area contributed by atoms with Crippen LogP contribution in [-0.2, 0) is 10.2 Å². The van der Waals surface area contributed by atoms with Crippen molar-refractivity contribution in [2.45, 2.75) is 52.1 Å². The summed E-state index contributed by atoms with van der Waals surface area (Å²) < 4.78 is 28.7. The Hall–Kier alpha value is -4.56. The highest BCUT2D eigenvalue weighted by molar-refractivity contribution is 5.91. The summed E-state index contributed by atoms with van der Waals surface area (Å²) in [5.41, 5.74) is 0.662. The van der Waals surface area contributed by atoms with Crippen molar-refractivity contribution >= 4 is 22.8 Å². The Balaban J connectivity index is 1.54. The van der Waals surface area contributed by atoms with E-state index in [1.165, 1.54) is 12.4 Å². The van der Waals surface area contributed by atoms with Crippen LogP contribution in [0.4, 0.5) is 10.6 Å². The zero-order valence-electron chi connectivity index (χ0n) is 23.2. The van der Waals surface area contributed by atoms with Gasteiger partial charge in [0.05, 0.1) is 31.5 Å². The minimum Gasteiger partial charge on any atom is -0.497 e. The summed E-state index contributed by atoms with van der Waals surface area (Å²) in [6.07, 6.45) is 11.4. The molecule has 0 unspecified atom stereocenters. The monoisotopic (exact) mass is 547 g/mol. The summed E-state index contributed by atoms with van der Waals surface area (Å²) in [4.78, 5) is 21.4. The second kappa shape index (κ2) is 12.5. The quantitative estimate of drug-likeness (QED) is 0.225. The molecule has 1 aromatic carbocycles. The Labute approximate surface area is 232 Å². The summed E-state index contributed by atoms with van der Waals surface area (Å²) in [7, 11) is 1.58. The number of hydrogen-bond acceptors (Lipinski definition) is 9. The fourth-order valence-electron chi connectivity index (χ4n) is 3.93. The second-order valence-electron chi connectivity index (χ2n) is 10.2. The number of terminal acetylenes is 1. The van der Waals surface area contributed by atoms with E-state index in [1.807, 2.05) is 20.8 Å². The number of anilines is 1. The van der Waals surface area contributed by atoms with E-state index < -0.39 is 6.03 Å². The Morgan fingerprint density at radius 2 is 1.98 bits per heavy atom. The van der Waals surface area contributed by atoms with Crippen molar-refractivity contribution in [3.8, 4) is 29.7 Å². The molecule has 0 saturated carbocycles. The second-order valence-corrected chi connectivity index (χ2v) is 10.2. The predicted octanol–water partition coefficient (Wildman–Crippen LogP) is 5.10. The van der Waals surface area contributed by atoms with Gasteiger partial charge in [0.2, 0.25) is 5.88 Å². The Kier molecular flexibility index (Phi) is 8.91. The van der Waals surface area contributed by atoms with Crippen LogP contribution >= 0.6 is 0 Å². The maximum absolute atomic E-state index is 12.6. The zero-order valence-corrected chi connectivity index (χ0v) is 23.2. The molecule has 1 fully saturated rings. The van der Waals surface area contributed by atoms with Crippen molar-refractivity contribution in [1.82, 2.24) is 20.4 Å². The lowest BCUT2D eigenvalue weighted by atomic mass is 9.93. The van der Waals surface area contributed by atoms with E-state index in [-0.39, 0.29) is 23.2 Å². The molecule has 1 saturated heterocycles. The van der Waals surface area contributed by atoms with Gasteiger partial charge < -0.3 is 28.8 Å². The number of aromatic nitrogens is 3. The number of nitrogens with zero attached hydrogens (tertiary/aromatic N) is 3.